The first-order valence-electron chi connectivity index (χ1n) is 6.61. The van der Waals surface area contributed by atoms with Gasteiger partial charge in [-0.05, 0) is 16.0 Å². The highest BCUT2D eigenvalue weighted by Gasteiger charge is 2.22. The molecule has 0 radical (unpaired) electrons. The minimum atomic E-state index is -1.16. The van der Waals surface area contributed by atoms with E-state index >= 15 is 0 Å². The standard InChI is InChI=1S/C13H15N5O4S/c1-18-12(15-16-17-18)23-8-10(11(19)20)14-13(21)22-7-9-5-3-2-4-6-9/h2-6,10H,7-8H2,1H3,(H,14,21)(H,19,20). The summed E-state index contributed by atoms with van der Waals surface area (Å²) in [7, 11) is 1.64. The molecule has 1 amide bonds. The van der Waals surface area contributed by atoms with E-state index in [1.54, 1.807) is 19.2 Å². The second-order valence-corrected chi connectivity index (χ2v) is 5.48. The van der Waals surface area contributed by atoms with Crippen LogP contribution in [0.15, 0.2) is 35.5 Å². The van der Waals surface area contributed by atoms with Crippen molar-refractivity contribution < 1.29 is 19.4 Å². The van der Waals surface area contributed by atoms with Crippen LogP contribution < -0.4 is 5.32 Å². The Balaban J connectivity index is 1.82. The predicted octanol–water partition coefficient (Wildman–Crippen LogP) is 0.682. The number of aliphatic carboxylic acids is 1. The zero-order chi connectivity index (χ0) is 16.7. The van der Waals surface area contributed by atoms with Crippen LogP contribution in [0.25, 0.3) is 0 Å². The van der Waals surface area contributed by atoms with E-state index in [1.807, 2.05) is 18.2 Å². The average Bonchev–Trinajstić information content (AvgIpc) is 2.95. The number of alkyl carbamates (subject to hydrolysis) is 1. The number of hydrogen-bond donors (Lipinski definition) is 2. The Morgan fingerprint density at radius 3 is 2.74 bits per heavy atom. The topological polar surface area (TPSA) is 119 Å². The molecule has 2 aromatic rings. The molecule has 0 saturated carbocycles. The largest absolute Gasteiger partial charge is 0.480 e. The van der Waals surface area contributed by atoms with Gasteiger partial charge in [-0.25, -0.2) is 14.3 Å². The van der Waals surface area contributed by atoms with Gasteiger partial charge in [-0.1, -0.05) is 42.1 Å². The number of nitrogens with zero attached hydrogens (tertiary/aromatic N) is 4. The van der Waals surface area contributed by atoms with E-state index in [9.17, 15) is 9.59 Å². The number of ether oxygens (including phenoxy) is 1. The number of thioether (sulfide) groups is 1. The maximum atomic E-state index is 11.7. The molecular weight excluding hydrogens is 322 g/mol. The number of amides is 1. The molecule has 10 heteroatoms. The number of tetrazole rings is 1. The van der Waals surface area contributed by atoms with Crippen LogP contribution in [-0.4, -0.2) is 49.2 Å². The normalized spacial score (nSPS) is 11.7. The lowest BCUT2D eigenvalue weighted by Gasteiger charge is -2.13. The van der Waals surface area contributed by atoms with Gasteiger partial charge in [0.15, 0.2) is 0 Å². The molecule has 1 aromatic carbocycles. The Morgan fingerprint density at radius 1 is 1.39 bits per heavy atom. The van der Waals surface area contributed by atoms with Crippen LogP contribution in [0.5, 0.6) is 0 Å². The van der Waals surface area contributed by atoms with Gasteiger partial charge >= 0.3 is 12.1 Å². The number of carbonyl (C=O) groups excluding carboxylic acids is 1. The molecule has 0 bridgehead atoms. The molecule has 0 fully saturated rings. The summed E-state index contributed by atoms with van der Waals surface area (Å²) in [6, 6.07) is 7.99. The maximum Gasteiger partial charge on any atom is 0.408 e. The fraction of sp³-hybridized carbons (Fsp3) is 0.308. The van der Waals surface area contributed by atoms with Crippen LogP contribution in [0, 0.1) is 0 Å². The van der Waals surface area contributed by atoms with Crippen molar-refractivity contribution in [2.24, 2.45) is 7.05 Å². The van der Waals surface area contributed by atoms with Crippen molar-refractivity contribution in [2.75, 3.05) is 5.75 Å². The summed E-state index contributed by atoms with van der Waals surface area (Å²) in [4.78, 5) is 22.9. The fourth-order valence-corrected chi connectivity index (χ4v) is 2.44. The molecule has 2 N–H and O–H groups in total. The second-order valence-electron chi connectivity index (χ2n) is 4.49. The zero-order valence-electron chi connectivity index (χ0n) is 12.2. The van der Waals surface area contributed by atoms with E-state index < -0.39 is 18.1 Å². The molecule has 1 heterocycles. The summed E-state index contributed by atoms with van der Waals surface area (Å²) in [5.74, 6) is -1.09. The number of rotatable bonds is 7. The lowest BCUT2D eigenvalue weighted by atomic mass is 10.2. The molecule has 1 atom stereocenters. The Kier molecular flexibility index (Phi) is 5.92. The number of benzene rings is 1. The maximum absolute atomic E-state index is 11.7. The Labute approximate surface area is 136 Å². The van der Waals surface area contributed by atoms with E-state index in [2.05, 4.69) is 20.8 Å². The van der Waals surface area contributed by atoms with Crippen molar-refractivity contribution in [3.63, 3.8) is 0 Å². The van der Waals surface area contributed by atoms with Crippen molar-refractivity contribution in [3.8, 4) is 0 Å². The van der Waals surface area contributed by atoms with Gasteiger partial charge in [0.25, 0.3) is 0 Å². The predicted molar refractivity (Wildman–Crippen MR) is 80.7 cm³/mol. The van der Waals surface area contributed by atoms with Crippen LogP contribution in [0.3, 0.4) is 0 Å². The molecule has 0 spiro atoms. The van der Waals surface area contributed by atoms with Gasteiger partial charge in [0, 0.05) is 12.8 Å². The lowest BCUT2D eigenvalue weighted by molar-refractivity contribution is -0.138. The molecule has 9 nitrogen and oxygen atoms in total. The SMILES string of the molecule is Cn1nnnc1SCC(NC(=O)OCc1ccccc1)C(=O)O. The number of aryl methyl sites for hydroxylation is 1. The first kappa shape index (κ1) is 16.7. The third-order valence-corrected chi connectivity index (χ3v) is 3.87. The molecule has 1 aromatic heterocycles. The number of aromatic nitrogens is 4. The van der Waals surface area contributed by atoms with Crippen molar-refractivity contribution in [2.45, 2.75) is 17.8 Å². The summed E-state index contributed by atoms with van der Waals surface area (Å²) in [5.41, 5.74) is 0.814. The molecule has 2 rings (SSSR count). The highest BCUT2D eigenvalue weighted by Crippen LogP contribution is 2.14. The number of hydrogen-bond acceptors (Lipinski definition) is 7. The van der Waals surface area contributed by atoms with Crippen molar-refractivity contribution in [3.05, 3.63) is 35.9 Å². The van der Waals surface area contributed by atoms with E-state index in [0.29, 0.717) is 5.16 Å². The van der Waals surface area contributed by atoms with E-state index in [0.717, 1.165) is 17.3 Å². The van der Waals surface area contributed by atoms with Gasteiger partial charge in [-0.2, -0.15) is 0 Å². The van der Waals surface area contributed by atoms with E-state index in [4.69, 9.17) is 9.84 Å². The number of nitrogens with one attached hydrogen (secondary N) is 1. The first-order valence-corrected chi connectivity index (χ1v) is 7.60. The monoisotopic (exact) mass is 337 g/mol. The summed E-state index contributed by atoms with van der Waals surface area (Å²) in [6.07, 6.45) is -0.794. The third kappa shape index (κ3) is 5.25. The molecule has 0 aliphatic heterocycles. The van der Waals surface area contributed by atoms with Gasteiger partial charge < -0.3 is 15.2 Å². The van der Waals surface area contributed by atoms with E-state index in [-0.39, 0.29) is 12.4 Å². The second kappa shape index (κ2) is 8.13. The lowest BCUT2D eigenvalue weighted by Crippen LogP contribution is -2.42. The smallest absolute Gasteiger partial charge is 0.408 e. The fourth-order valence-electron chi connectivity index (χ4n) is 1.58. The van der Waals surface area contributed by atoms with Crippen LogP contribution >= 0.6 is 11.8 Å². The molecule has 122 valence electrons. The number of carboxylic acid groups (broad SMARTS) is 1. The van der Waals surface area contributed by atoms with Gasteiger partial charge in [-0.3, -0.25) is 0 Å². The quantitative estimate of drug-likeness (QED) is 0.708. The van der Waals surface area contributed by atoms with Crippen molar-refractivity contribution in [1.82, 2.24) is 25.5 Å². The van der Waals surface area contributed by atoms with Crippen LogP contribution in [0.4, 0.5) is 4.79 Å². The third-order valence-electron chi connectivity index (χ3n) is 2.76. The van der Waals surface area contributed by atoms with Crippen LogP contribution in [-0.2, 0) is 23.2 Å². The molecule has 0 aliphatic carbocycles. The average molecular weight is 337 g/mol. The Hall–Kier alpha value is -2.62. The molecule has 23 heavy (non-hydrogen) atoms. The number of carbonyl (C=O) groups is 2. The molecule has 1 unspecified atom stereocenters. The Bertz CT molecular complexity index is 663. The summed E-state index contributed by atoms with van der Waals surface area (Å²) < 4.78 is 6.42. The highest BCUT2D eigenvalue weighted by atomic mass is 32.2. The first-order chi connectivity index (χ1) is 11.1. The van der Waals surface area contributed by atoms with Gasteiger partial charge in [-0.15, -0.1) is 5.10 Å². The molecular formula is C13H15N5O4S. The number of carboxylic acids is 1. The van der Waals surface area contributed by atoms with Gasteiger partial charge in [0.05, 0.1) is 0 Å². The van der Waals surface area contributed by atoms with Gasteiger partial charge in [0.2, 0.25) is 5.16 Å². The zero-order valence-corrected chi connectivity index (χ0v) is 13.1. The minimum Gasteiger partial charge on any atom is -0.480 e. The summed E-state index contributed by atoms with van der Waals surface area (Å²) >= 11 is 1.12. The van der Waals surface area contributed by atoms with Crippen LogP contribution in [0.1, 0.15) is 5.56 Å². The van der Waals surface area contributed by atoms with Gasteiger partial charge in [0.1, 0.15) is 12.6 Å². The summed E-state index contributed by atoms with van der Waals surface area (Å²) in [5, 5.41) is 22.7. The van der Waals surface area contributed by atoms with Crippen molar-refractivity contribution >= 4 is 23.8 Å². The minimum absolute atomic E-state index is 0.0688. The van der Waals surface area contributed by atoms with Crippen LogP contribution in [0.2, 0.25) is 0 Å². The Morgan fingerprint density at radius 2 is 2.13 bits per heavy atom. The van der Waals surface area contributed by atoms with Crippen molar-refractivity contribution in [1.29, 1.82) is 0 Å². The highest BCUT2D eigenvalue weighted by molar-refractivity contribution is 7.99. The van der Waals surface area contributed by atoms with E-state index in [1.165, 1.54) is 4.68 Å². The summed E-state index contributed by atoms with van der Waals surface area (Å²) in [6.45, 7) is 0.0688. The molecule has 0 saturated heterocycles. The molecule has 0 aliphatic rings.